The van der Waals surface area contributed by atoms with Crippen LogP contribution in [-0.2, 0) is 11.3 Å². The number of hydrogen-bond acceptors (Lipinski definition) is 6. The van der Waals surface area contributed by atoms with Crippen LogP contribution in [-0.4, -0.2) is 75.2 Å². The van der Waals surface area contributed by atoms with Gasteiger partial charge in [0.25, 0.3) is 5.91 Å². The number of pyridine rings is 1. The number of carbonyl (C=O) groups excluding carboxylic acids is 1. The number of amides is 1. The van der Waals surface area contributed by atoms with Crippen molar-refractivity contribution in [2.45, 2.75) is 19.6 Å². The van der Waals surface area contributed by atoms with Crippen LogP contribution in [0.2, 0.25) is 0 Å². The number of aliphatic imine (C=N–C) groups is 1. The molecule has 2 aliphatic rings. The van der Waals surface area contributed by atoms with Crippen molar-refractivity contribution in [2.75, 3.05) is 32.7 Å². The van der Waals surface area contributed by atoms with Crippen molar-refractivity contribution >= 4 is 23.3 Å². The highest BCUT2D eigenvalue weighted by Gasteiger charge is 2.24. The predicted molar refractivity (Wildman–Crippen MR) is 127 cm³/mol. The Kier molecular flexibility index (Phi) is 5.93. The molecule has 0 bridgehead atoms. The van der Waals surface area contributed by atoms with E-state index in [0.29, 0.717) is 13.1 Å². The molecule has 3 aromatic rings. The smallest absolute Gasteiger partial charge is 0.251 e. The molecule has 170 valence electrons. The van der Waals surface area contributed by atoms with Crippen LogP contribution in [0.3, 0.4) is 0 Å². The zero-order chi connectivity index (χ0) is 22.8. The van der Waals surface area contributed by atoms with Crippen LogP contribution in [0.4, 0.5) is 0 Å². The third-order valence-electron chi connectivity index (χ3n) is 6.00. The molecular formula is C25H27N5O3. The Morgan fingerprint density at radius 2 is 1.82 bits per heavy atom. The number of imidazole rings is 1. The number of aliphatic hydroxyl groups excluding tert-OH is 1. The summed E-state index contributed by atoms with van der Waals surface area (Å²) >= 11 is 0. The molecule has 8 nitrogen and oxygen atoms in total. The van der Waals surface area contributed by atoms with Gasteiger partial charge in [-0.25, -0.2) is 4.98 Å². The lowest BCUT2D eigenvalue weighted by atomic mass is 10.1. The summed E-state index contributed by atoms with van der Waals surface area (Å²) in [7, 11) is 0. The van der Waals surface area contributed by atoms with Crippen LogP contribution in [0, 0.1) is 0 Å². The molecule has 0 unspecified atom stereocenters. The second-order valence-electron chi connectivity index (χ2n) is 8.45. The molecule has 1 fully saturated rings. The average Bonchev–Trinajstić information content (AvgIpc) is 3.49. The highest BCUT2D eigenvalue weighted by molar-refractivity contribution is 5.89. The molecular weight excluding hydrogens is 418 g/mol. The predicted octanol–water partition coefficient (Wildman–Crippen LogP) is 2.62. The Morgan fingerprint density at radius 1 is 1.06 bits per heavy atom. The molecule has 0 spiro atoms. The van der Waals surface area contributed by atoms with E-state index in [9.17, 15) is 9.90 Å². The highest BCUT2D eigenvalue weighted by atomic mass is 16.5. The molecule has 1 aromatic carbocycles. The molecule has 1 saturated heterocycles. The topological polar surface area (TPSA) is 82.7 Å². The lowest BCUT2D eigenvalue weighted by molar-refractivity contribution is -0.141. The Labute approximate surface area is 192 Å². The molecule has 0 radical (unpaired) electrons. The number of benzene rings is 1. The van der Waals surface area contributed by atoms with Gasteiger partial charge in [0, 0.05) is 45.1 Å². The summed E-state index contributed by atoms with van der Waals surface area (Å²) in [5.41, 5.74) is 4.21. The van der Waals surface area contributed by atoms with Crippen molar-refractivity contribution in [2.24, 2.45) is 4.99 Å². The van der Waals surface area contributed by atoms with Crippen LogP contribution < -0.4 is 4.74 Å². The standard InChI is InChI=1S/C25H27N5O3/c1-18(31)25(32)29-12-10-28(11-13-29)15-21-16-30-17-23(6-7-24(30)27-21)33-22-4-2-19(3-5-22)20-8-9-26-14-20/h2-9,16-18,31H,10-15H2,1H3/t18-/m1/s1. The van der Waals surface area contributed by atoms with Gasteiger partial charge in [-0.2, -0.15) is 0 Å². The fourth-order valence-corrected chi connectivity index (χ4v) is 4.19. The molecule has 1 N–H and O–H groups in total. The van der Waals surface area contributed by atoms with Gasteiger partial charge in [0.2, 0.25) is 0 Å². The van der Waals surface area contributed by atoms with Crippen molar-refractivity contribution in [3.63, 3.8) is 0 Å². The maximum absolute atomic E-state index is 11.9. The molecule has 0 saturated carbocycles. The fraction of sp³-hybridized carbons (Fsp3) is 0.320. The van der Waals surface area contributed by atoms with E-state index < -0.39 is 6.10 Å². The van der Waals surface area contributed by atoms with Gasteiger partial charge in [0.05, 0.1) is 18.4 Å². The number of allylic oxidation sites excluding steroid dienone is 1. The van der Waals surface area contributed by atoms with E-state index in [0.717, 1.165) is 54.6 Å². The fourth-order valence-electron chi connectivity index (χ4n) is 4.19. The van der Waals surface area contributed by atoms with Gasteiger partial charge in [-0.15, -0.1) is 0 Å². The summed E-state index contributed by atoms with van der Waals surface area (Å²) in [6.07, 6.45) is 6.89. The Balaban J connectivity index is 1.21. The van der Waals surface area contributed by atoms with E-state index in [2.05, 4.69) is 22.0 Å². The number of nitrogens with zero attached hydrogens (tertiary/aromatic N) is 5. The Morgan fingerprint density at radius 3 is 2.52 bits per heavy atom. The summed E-state index contributed by atoms with van der Waals surface area (Å²) in [5.74, 6) is 1.32. The molecule has 1 atom stereocenters. The average molecular weight is 446 g/mol. The molecule has 2 aromatic heterocycles. The molecule has 5 rings (SSSR count). The van der Waals surface area contributed by atoms with Crippen LogP contribution >= 0.6 is 0 Å². The minimum absolute atomic E-state index is 0.200. The lowest BCUT2D eigenvalue weighted by Crippen LogP contribution is -2.50. The van der Waals surface area contributed by atoms with Gasteiger partial charge in [-0.05, 0) is 48.4 Å². The first-order valence-electron chi connectivity index (χ1n) is 11.2. The number of ether oxygens (including phenoxy) is 1. The number of aromatic nitrogens is 2. The first-order chi connectivity index (χ1) is 16.0. The van der Waals surface area contributed by atoms with Crippen molar-refractivity contribution in [1.29, 1.82) is 0 Å². The van der Waals surface area contributed by atoms with Crippen LogP contribution in [0.15, 0.2) is 59.9 Å². The molecule has 1 amide bonds. The van der Waals surface area contributed by atoms with Crippen molar-refractivity contribution in [3.05, 3.63) is 66.1 Å². The van der Waals surface area contributed by atoms with E-state index in [1.165, 1.54) is 12.5 Å². The number of piperazine rings is 1. The Bertz CT molecular complexity index is 1200. The van der Waals surface area contributed by atoms with E-state index in [1.54, 1.807) is 4.90 Å². The lowest BCUT2D eigenvalue weighted by Gasteiger charge is -2.34. The summed E-state index contributed by atoms with van der Waals surface area (Å²) < 4.78 is 8.03. The highest BCUT2D eigenvalue weighted by Crippen LogP contribution is 2.25. The van der Waals surface area contributed by atoms with Crippen molar-refractivity contribution in [1.82, 2.24) is 19.2 Å². The normalized spacial score (nSPS) is 17.4. The summed E-state index contributed by atoms with van der Waals surface area (Å²) in [4.78, 5) is 24.9. The maximum atomic E-state index is 11.9. The zero-order valence-electron chi connectivity index (χ0n) is 18.6. The Hall–Kier alpha value is -3.49. The minimum Gasteiger partial charge on any atom is -0.456 e. The van der Waals surface area contributed by atoms with Gasteiger partial charge in [-0.3, -0.25) is 14.7 Å². The van der Waals surface area contributed by atoms with Gasteiger partial charge in [-0.1, -0.05) is 12.1 Å². The second-order valence-corrected chi connectivity index (χ2v) is 8.45. The number of rotatable bonds is 6. The number of fused-ring (bicyclic) bond motifs is 1. The molecule has 2 aliphatic heterocycles. The molecule has 4 heterocycles. The number of hydrogen-bond donors (Lipinski definition) is 1. The second kappa shape index (κ2) is 9.17. The maximum Gasteiger partial charge on any atom is 0.251 e. The minimum atomic E-state index is -0.941. The van der Waals surface area contributed by atoms with Gasteiger partial charge in [0.1, 0.15) is 23.3 Å². The summed E-state index contributed by atoms with van der Waals surface area (Å²) in [5, 5.41) is 9.49. The zero-order valence-corrected chi connectivity index (χ0v) is 18.6. The first-order valence-corrected chi connectivity index (χ1v) is 11.2. The number of carbonyl (C=O) groups is 1. The van der Waals surface area contributed by atoms with Crippen LogP contribution in [0.1, 0.15) is 18.2 Å². The van der Waals surface area contributed by atoms with E-state index in [1.807, 2.05) is 53.4 Å². The third-order valence-corrected chi connectivity index (χ3v) is 6.00. The van der Waals surface area contributed by atoms with Gasteiger partial charge < -0.3 is 19.1 Å². The van der Waals surface area contributed by atoms with Crippen molar-refractivity contribution < 1.29 is 14.6 Å². The monoisotopic (exact) mass is 445 g/mol. The SMILES string of the molecule is C[C@@H](O)C(=O)N1CCN(Cc2cn3cc(Oc4ccc(C5=CC=NC5)cc4)ccc3n2)CC1. The van der Waals surface area contributed by atoms with E-state index in [4.69, 9.17) is 9.72 Å². The molecule has 0 aliphatic carbocycles. The first kappa shape index (κ1) is 21.4. The quantitative estimate of drug-likeness (QED) is 0.631. The third kappa shape index (κ3) is 4.81. The van der Waals surface area contributed by atoms with Crippen LogP contribution in [0.25, 0.3) is 11.2 Å². The van der Waals surface area contributed by atoms with Crippen molar-refractivity contribution in [3.8, 4) is 11.5 Å². The summed E-state index contributed by atoms with van der Waals surface area (Å²) in [6, 6.07) is 11.9. The number of aliphatic hydroxyl groups is 1. The van der Waals surface area contributed by atoms with E-state index in [-0.39, 0.29) is 5.91 Å². The van der Waals surface area contributed by atoms with Crippen LogP contribution in [0.5, 0.6) is 11.5 Å². The van der Waals surface area contributed by atoms with E-state index >= 15 is 0 Å². The van der Waals surface area contributed by atoms with Gasteiger partial charge in [0.15, 0.2) is 0 Å². The van der Waals surface area contributed by atoms with Gasteiger partial charge >= 0.3 is 0 Å². The summed E-state index contributed by atoms with van der Waals surface area (Å²) in [6.45, 7) is 5.74. The molecule has 8 heteroatoms. The largest absolute Gasteiger partial charge is 0.456 e. The molecule has 33 heavy (non-hydrogen) atoms.